The molecule has 1 aliphatic carbocycles. The lowest BCUT2D eigenvalue weighted by Gasteiger charge is -2.39. The van der Waals surface area contributed by atoms with Crippen LogP contribution in [0.4, 0.5) is 11.8 Å². The Bertz CT molecular complexity index is 734. The highest BCUT2D eigenvalue weighted by Gasteiger charge is 2.29. The van der Waals surface area contributed by atoms with Crippen molar-refractivity contribution in [3.8, 4) is 0 Å². The van der Waals surface area contributed by atoms with E-state index < -0.39 is 0 Å². The van der Waals surface area contributed by atoms with Crippen LogP contribution in [0, 0.1) is 3.57 Å². The van der Waals surface area contributed by atoms with Gasteiger partial charge in [0.15, 0.2) is 0 Å². The largest absolute Gasteiger partial charge is 0.383 e. The number of halogens is 1. The maximum Gasteiger partial charge on any atom is 0.223 e. The first-order valence-electron chi connectivity index (χ1n) is 8.54. The molecular formula is C16H23IN6O. The van der Waals surface area contributed by atoms with Gasteiger partial charge in [-0.15, -0.1) is 0 Å². The summed E-state index contributed by atoms with van der Waals surface area (Å²) < 4.78 is 8.83. The molecule has 130 valence electrons. The average Bonchev–Trinajstić information content (AvgIpc) is 2.92. The molecule has 0 atom stereocenters. The molecule has 2 aromatic rings. The fourth-order valence-electron chi connectivity index (χ4n) is 4.07. The molecule has 0 aromatic carbocycles. The van der Waals surface area contributed by atoms with E-state index in [2.05, 4.69) is 48.2 Å². The van der Waals surface area contributed by atoms with E-state index in [-0.39, 0.29) is 5.95 Å². The van der Waals surface area contributed by atoms with Crippen LogP contribution >= 0.6 is 22.6 Å². The van der Waals surface area contributed by atoms with Gasteiger partial charge in [0, 0.05) is 34.9 Å². The number of aromatic nitrogens is 3. The quantitative estimate of drug-likeness (QED) is 0.692. The maximum absolute atomic E-state index is 6.05. The summed E-state index contributed by atoms with van der Waals surface area (Å²) in [6.07, 6.45) is 6.90. The minimum Gasteiger partial charge on any atom is -0.383 e. The molecular weight excluding hydrogens is 419 g/mol. The molecule has 4 rings (SSSR count). The lowest BCUT2D eigenvalue weighted by atomic mass is 9.90. The molecule has 0 radical (unpaired) electrons. The van der Waals surface area contributed by atoms with Crippen LogP contribution in [0.25, 0.3) is 11.0 Å². The zero-order valence-electron chi connectivity index (χ0n) is 13.6. The molecule has 8 heteroatoms. The first-order chi connectivity index (χ1) is 11.6. The highest BCUT2D eigenvalue weighted by molar-refractivity contribution is 14.1. The Hall–Kier alpha value is -1.13. The Morgan fingerprint density at radius 2 is 1.71 bits per heavy atom. The first kappa shape index (κ1) is 16.3. The van der Waals surface area contributed by atoms with E-state index in [9.17, 15) is 0 Å². The lowest BCUT2D eigenvalue weighted by molar-refractivity contribution is 0.00557. The molecule has 7 nitrogen and oxygen atoms in total. The predicted molar refractivity (Wildman–Crippen MR) is 103 cm³/mol. The van der Waals surface area contributed by atoms with Crippen molar-refractivity contribution in [2.75, 3.05) is 37.8 Å². The van der Waals surface area contributed by atoms with Gasteiger partial charge in [0.05, 0.1) is 18.6 Å². The predicted octanol–water partition coefficient (Wildman–Crippen LogP) is 2.02. The molecule has 2 aromatic heterocycles. The second kappa shape index (κ2) is 6.64. The Balaban J connectivity index is 1.54. The minimum atomic E-state index is 0.248. The van der Waals surface area contributed by atoms with Gasteiger partial charge in [-0.1, -0.05) is 0 Å². The molecule has 1 saturated heterocycles. The second-order valence-electron chi connectivity index (χ2n) is 6.66. The highest BCUT2D eigenvalue weighted by Crippen LogP contribution is 2.36. The van der Waals surface area contributed by atoms with E-state index in [0.29, 0.717) is 17.9 Å². The summed E-state index contributed by atoms with van der Waals surface area (Å²) in [4.78, 5) is 11.2. The standard InChI is InChI=1S/C16H23IN6O/c17-12-9-23(15-13(12)14(18)20-16(19)21-15)11-3-1-10(2-4-11)22-5-7-24-8-6-22/h9-11H,1-8H2,(H4,18,19,20,21). The summed E-state index contributed by atoms with van der Waals surface area (Å²) in [5.41, 5.74) is 12.7. The van der Waals surface area contributed by atoms with E-state index in [4.69, 9.17) is 16.2 Å². The fourth-order valence-corrected chi connectivity index (χ4v) is 4.89. The summed E-state index contributed by atoms with van der Waals surface area (Å²) in [6, 6.07) is 1.15. The zero-order chi connectivity index (χ0) is 16.7. The Morgan fingerprint density at radius 1 is 1.04 bits per heavy atom. The summed E-state index contributed by atoms with van der Waals surface area (Å²) in [6.45, 7) is 3.88. The topological polar surface area (TPSA) is 95.2 Å². The Labute approximate surface area is 154 Å². The van der Waals surface area contributed by atoms with Crippen LogP contribution in [-0.2, 0) is 4.74 Å². The van der Waals surface area contributed by atoms with Crippen LogP contribution in [0.5, 0.6) is 0 Å². The third-order valence-electron chi connectivity index (χ3n) is 5.29. The number of ether oxygens (including phenoxy) is 1. The fraction of sp³-hybridized carbons (Fsp3) is 0.625. The van der Waals surface area contributed by atoms with Crippen molar-refractivity contribution in [3.63, 3.8) is 0 Å². The van der Waals surface area contributed by atoms with Gasteiger partial charge in [0.2, 0.25) is 5.95 Å². The number of rotatable bonds is 2. The molecule has 24 heavy (non-hydrogen) atoms. The molecule has 2 aliphatic rings. The van der Waals surface area contributed by atoms with Gasteiger partial charge in [0.1, 0.15) is 11.5 Å². The van der Waals surface area contributed by atoms with Crippen molar-refractivity contribution in [1.82, 2.24) is 19.4 Å². The molecule has 1 saturated carbocycles. The van der Waals surface area contributed by atoms with Crippen LogP contribution in [0.15, 0.2) is 6.20 Å². The molecule has 3 heterocycles. The SMILES string of the molecule is Nc1nc(N)c2c(I)cn(C3CCC(N4CCOCC4)CC3)c2n1. The van der Waals surface area contributed by atoms with Crippen molar-refractivity contribution >= 4 is 45.4 Å². The van der Waals surface area contributed by atoms with E-state index >= 15 is 0 Å². The molecule has 0 amide bonds. The number of morpholine rings is 1. The number of hydrogen-bond donors (Lipinski definition) is 2. The van der Waals surface area contributed by atoms with Gasteiger partial charge in [-0.05, 0) is 48.3 Å². The van der Waals surface area contributed by atoms with Crippen LogP contribution in [0.2, 0.25) is 0 Å². The van der Waals surface area contributed by atoms with Crippen molar-refractivity contribution in [2.45, 2.75) is 37.8 Å². The van der Waals surface area contributed by atoms with Crippen LogP contribution < -0.4 is 11.5 Å². The number of fused-ring (bicyclic) bond motifs is 1. The van der Waals surface area contributed by atoms with Gasteiger partial charge in [-0.2, -0.15) is 9.97 Å². The van der Waals surface area contributed by atoms with E-state index in [1.807, 2.05) is 0 Å². The highest BCUT2D eigenvalue weighted by atomic mass is 127. The van der Waals surface area contributed by atoms with Gasteiger partial charge in [0.25, 0.3) is 0 Å². The molecule has 2 fully saturated rings. The smallest absolute Gasteiger partial charge is 0.223 e. The summed E-state index contributed by atoms with van der Waals surface area (Å²) in [7, 11) is 0. The number of nitrogens with zero attached hydrogens (tertiary/aromatic N) is 4. The maximum atomic E-state index is 6.05. The van der Waals surface area contributed by atoms with Crippen LogP contribution in [0.3, 0.4) is 0 Å². The van der Waals surface area contributed by atoms with E-state index in [0.717, 1.165) is 53.7 Å². The van der Waals surface area contributed by atoms with E-state index in [1.165, 1.54) is 12.8 Å². The number of nitrogen functional groups attached to an aromatic ring is 2. The zero-order valence-corrected chi connectivity index (χ0v) is 15.8. The van der Waals surface area contributed by atoms with Crippen molar-refractivity contribution in [2.24, 2.45) is 0 Å². The number of hydrogen-bond acceptors (Lipinski definition) is 6. The second-order valence-corrected chi connectivity index (χ2v) is 7.82. The molecule has 0 bridgehead atoms. The van der Waals surface area contributed by atoms with Gasteiger partial charge < -0.3 is 20.8 Å². The Morgan fingerprint density at radius 3 is 2.42 bits per heavy atom. The van der Waals surface area contributed by atoms with E-state index in [1.54, 1.807) is 0 Å². The van der Waals surface area contributed by atoms with Crippen LogP contribution in [-0.4, -0.2) is 51.8 Å². The molecule has 0 unspecified atom stereocenters. The first-order valence-corrected chi connectivity index (χ1v) is 9.62. The lowest BCUT2D eigenvalue weighted by Crippen LogP contribution is -2.45. The van der Waals surface area contributed by atoms with Gasteiger partial charge in [-0.3, -0.25) is 4.90 Å². The van der Waals surface area contributed by atoms with Crippen LogP contribution in [0.1, 0.15) is 31.7 Å². The summed E-state index contributed by atoms with van der Waals surface area (Å²) in [5, 5.41) is 0.931. The minimum absolute atomic E-state index is 0.248. The summed E-state index contributed by atoms with van der Waals surface area (Å²) >= 11 is 2.31. The third kappa shape index (κ3) is 2.95. The van der Waals surface area contributed by atoms with Crippen molar-refractivity contribution < 1.29 is 4.74 Å². The van der Waals surface area contributed by atoms with Crippen molar-refractivity contribution in [3.05, 3.63) is 9.77 Å². The average molecular weight is 442 g/mol. The summed E-state index contributed by atoms with van der Waals surface area (Å²) in [5.74, 6) is 0.723. The Kier molecular flexibility index (Phi) is 4.52. The number of anilines is 2. The molecule has 4 N–H and O–H groups in total. The van der Waals surface area contributed by atoms with Gasteiger partial charge in [-0.25, -0.2) is 0 Å². The monoisotopic (exact) mass is 442 g/mol. The normalized spacial score (nSPS) is 26.0. The molecule has 1 aliphatic heterocycles. The van der Waals surface area contributed by atoms with Gasteiger partial charge >= 0.3 is 0 Å². The number of nitrogens with two attached hydrogens (primary N) is 2. The van der Waals surface area contributed by atoms with Crippen molar-refractivity contribution in [1.29, 1.82) is 0 Å². The molecule has 0 spiro atoms. The third-order valence-corrected chi connectivity index (χ3v) is 6.11.